The fraction of sp³-hybridized carbons (Fsp3) is 0.773. The minimum Gasteiger partial charge on any atom is -0.462 e. The normalized spacial score (nSPS) is 43.9. The van der Waals surface area contributed by atoms with Crippen LogP contribution in [0.3, 0.4) is 0 Å². The summed E-state index contributed by atoms with van der Waals surface area (Å²) in [6, 6.07) is 0. The predicted molar refractivity (Wildman–Crippen MR) is 98.5 cm³/mol. The molecule has 0 saturated heterocycles. The van der Waals surface area contributed by atoms with Crippen molar-refractivity contribution in [2.45, 2.75) is 79.2 Å². The first-order valence-electron chi connectivity index (χ1n) is 9.62. The zero-order chi connectivity index (χ0) is 17.8. The van der Waals surface area contributed by atoms with E-state index in [1.54, 1.807) is 12.5 Å². The molecule has 0 bridgehead atoms. The Morgan fingerprint density at radius 3 is 2.58 bits per heavy atom. The van der Waals surface area contributed by atoms with Gasteiger partial charge in [0.25, 0.3) is 0 Å². The van der Waals surface area contributed by atoms with E-state index in [0.717, 1.165) is 12.8 Å². The molecule has 0 N–H and O–H groups in total. The average Bonchev–Trinajstić information content (AvgIpc) is 2.49. The summed E-state index contributed by atoms with van der Waals surface area (Å²) in [5.41, 5.74) is 2.33. The van der Waals surface area contributed by atoms with Crippen molar-refractivity contribution in [3.05, 3.63) is 24.3 Å². The zero-order valence-corrected chi connectivity index (χ0v) is 16.2. The highest BCUT2D eigenvalue weighted by Crippen LogP contribution is 2.63. The van der Waals surface area contributed by atoms with Gasteiger partial charge in [0, 0.05) is 12.3 Å². The first-order chi connectivity index (χ1) is 11.1. The number of hydrogen-bond donors (Lipinski definition) is 0. The van der Waals surface area contributed by atoms with Crippen molar-refractivity contribution < 1.29 is 9.53 Å². The molecule has 3 rings (SSSR count). The molecule has 0 radical (unpaired) electrons. The number of hydrogen-bond acceptors (Lipinski definition) is 2. The van der Waals surface area contributed by atoms with Crippen molar-refractivity contribution in [2.75, 3.05) is 0 Å². The van der Waals surface area contributed by atoms with Crippen LogP contribution >= 0.6 is 0 Å². The van der Waals surface area contributed by atoms with Crippen LogP contribution in [0.15, 0.2) is 24.3 Å². The summed E-state index contributed by atoms with van der Waals surface area (Å²) in [6.07, 6.45) is 11.7. The van der Waals surface area contributed by atoms with E-state index in [9.17, 15) is 4.79 Å². The molecule has 2 saturated carbocycles. The molecule has 3 aliphatic rings. The van der Waals surface area contributed by atoms with Gasteiger partial charge in [-0.25, -0.2) is 0 Å². The van der Waals surface area contributed by atoms with Crippen molar-refractivity contribution in [3.63, 3.8) is 0 Å². The molecule has 0 spiro atoms. The minimum absolute atomic E-state index is 0.0416. The number of allylic oxidation sites excluding steroid dienone is 3. The third-order valence-electron chi connectivity index (χ3n) is 7.74. The molecule has 134 valence electrons. The number of rotatable bonds is 2. The zero-order valence-electron chi connectivity index (χ0n) is 16.2. The molecular formula is C22H34O2. The quantitative estimate of drug-likeness (QED) is 0.481. The van der Waals surface area contributed by atoms with Crippen molar-refractivity contribution in [3.8, 4) is 0 Å². The number of carbonyl (C=O) groups excluding carboxylic acids is 1. The number of esters is 1. The van der Waals surface area contributed by atoms with Crippen LogP contribution < -0.4 is 0 Å². The van der Waals surface area contributed by atoms with Gasteiger partial charge >= 0.3 is 5.97 Å². The van der Waals surface area contributed by atoms with Crippen LogP contribution in [0.25, 0.3) is 0 Å². The molecular weight excluding hydrogens is 296 g/mol. The van der Waals surface area contributed by atoms with Gasteiger partial charge in [-0.2, -0.15) is 0 Å². The van der Waals surface area contributed by atoms with Crippen LogP contribution in [-0.4, -0.2) is 12.1 Å². The largest absolute Gasteiger partial charge is 0.462 e. The molecule has 0 heterocycles. The molecule has 3 aliphatic carbocycles. The molecule has 0 aromatic heterocycles. The van der Waals surface area contributed by atoms with Gasteiger partial charge in [0.05, 0.1) is 0 Å². The van der Waals surface area contributed by atoms with E-state index in [4.69, 9.17) is 4.74 Å². The lowest BCUT2D eigenvalue weighted by Crippen LogP contribution is -2.56. The molecule has 2 nitrogen and oxygen atoms in total. The van der Waals surface area contributed by atoms with Gasteiger partial charge in [-0.15, -0.1) is 6.58 Å². The van der Waals surface area contributed by atoms with Gasteiger partial charge in [0.1, 0.15) is 6.10 Å². The maximum Gasteiger partial charge on any atom is 0.302 e. The number of fused-ring (bicyclic) bond motifs is 3. The topological polar surface area (TPSA) is 26.3 Å². The Hall–Kier alpha value is -1.05. The highest BCUT2D eigenvalue weighted by Gasteiger charge is 2.57. The van der Waals surface area contributed by atoms with Gasteiger partial charge in [-0.05, 0) is 61.2 Å². The average molecular weight is 331 g/mol. The Morgan fingerprint density at radius 2 is 1.96 bits per heavy atom. The second-order valence-corrected chi connectivity index (χ2v) is 9.66. The molecule has 0 unspecified atom stereocenters. The lowest BCUT2D eigenvalue weighted by molar-refractivity contribution is -0.172. The molecule has 2 heteroatoms. The SMILES string of the molecule is C=C[C@@]1(C)CC[C@H]2C(=CC[C@H]3C(C)(C)[C@@H](OC(C)=O)CC[C@]23C)C1. The van der Waals surface area contributed by atoms with E-state index >= 15 is 0 Å². The lowest BCUT2D eigenvalue weighted by Gasteiger charge is -2.60. The van der Waals surface area contributed by atoms with Crippen LogP contribution in [0.1, 0.15) is 73.1 Å². The Bertz CT molecular complexity index is 573. The second-order valence-electron chi connectivity index (χ2n) is 9.66. The van der Waals surface area contributed by atoms with Gasteiger partial charge in [0.15, 0.2) is 0 Å². The fourth-order valence-electron chi connectivity index (χ4n) is 6.21. The molecule has 24 heavy (non-hydrogen) atoms. The summed E-state index contributed by atoms with van der Waals surface area (Å²) < 4.78 is 5.71. The van der Waals surface area contributed by atoms with Gasteiger partial charge in [-0.3, -0.25) is 4.79 Å². The van der Waals surface area contributed by atoms with Crippen LogP contribution in [0, 0.1) is 28.1 Å². The van der Waals surface area contributed by atoms with Crippen LogP contribution in [0.2, 0.25) is 0 Å². The summed E-state index contributed by atoms with van der Waals surface area (Å²) in [6.45, 7) is 15.1. The summed E-state index contributed by atoms with van der Waals surface area (Å²) in [5.74, 6) is 1.15. The van der Waals surface area contributed by atoms with Crippen LogP contribution in [0.5, 0.6) is 0 Å². The summed E-state index contributed by atoms with van der Waals surface area (Å²) in [5, 5.41) is 0. The highest BCUT2D eigenvalue weighted by molar-refractivity contribution is 5.66. The second kappa shape index (κ2) is 5.75. The Balaban J connectivity index is 1.90. The van der Waals surface area contributed by atoms with E-state index in [1.807, 2.05) is 0 Å². The monoisotopic (exact) mass is 330 g/mol. The molecule has 0 aromatic rings. The van der Waals surface area contributed by atoms with Gasteiger partial charge in [0.2, 0.25) is 0 Å². The Kier molecular flexibility index (Phi) is 4.25. The molecule has 0 aliphatic heterocycles. The Labute approximate surface area is 147 Å². The summed E-state index contributed by atoms with van der Waals surface area (Å²) in [7, 11) is 0. The van der Waals surface area contributed by atoms with E-state index in [0.29, 0.717) is 17.3 Å². The van der Waals surface area contributed by atoms with Gasteiger partial charge < -0.3 is 4.74 Å². The van der Waals surface area contributed by atoms with Crippen molar-refractivity contribution >= 4 is 5.97 Å². The smallest absolute Gasteiger partial charge is 0.302 e. The predicted octanol–water partition coefficient (Wildman–Crippen LogP) is 5.68. The fourth-order valence-corrected chi connectivity index (χ4v) is 6.21. The van der Waals surface area contributed by atoms with Crippen molar-refractivity contribution in [1.29, 1.82) is 0 Å². The summed E-state index contributed by atoms with van der Waals surface area (Å²) in [4.78, 5) is 11.5. The van der Waals surface area contributed by atoms with E-state index in [1.165, 1.54) is 25.7 Å². The Morgan fingerprint density at radius 1 is 1.25 bits per heavy atom. The maximum absolute atomic E-state index is 11.5. The van der Waals surface area contributed by atoms with Crippen molar-refractivity contribution in [2.24, 2.45) is 28.1 Å². The number of carbonyl (C=O) groups is 1. The maximum atomic E-state index is 11.5. The van der Waals surface area contributed by atoms with Gasteiger partial charge in [-0.1, -0.05) is 45.4 Å². The molecule has 0 aromatic carbocycles. The van der Waals surface area contributed by atoms with Crippen LogP contribution in [-0.2, 0) is 9.53 Å². The van der Waals surface area contributed by atoms with Crippen LogP contribution in [0.4, 0.5) is 0 Å². The standard InChI is InChI=1S/C22H34O2/c1-7-21(5)12-10-17-16(14-21)8-9-18-20(3,4)19(24-15(2)23)11-13-22(17,18)6/h7-8,17-19H,1,9-14H2,2-6H3/t17-,18-,19-,21-,22+/m0/s1. The first-order valence-corrected chi connectivity index (χ1v) is 9.62. The molecule has 5 atom stereocenters. The van der Waals surface area contributed by atoms with E-state index < -0.39 is 0 Å². The van der Waals surface area contributed by atoms with E-state index in [2.05, 4.69) is 46.4 Å². The first kappa shape index (κ1) is 17.8. The minimum atomic E-state index is -0.136. The third kappa shape index (κ3) is 2.66. The highest BCUT2D eigenvalue weighted by atomic mass is 16.5. The molecule has 2 fully saturated rings. The summed E-state index contributed by atoms with van der Waals surface area (Å²) >= 11 is 0. The number of ether oxygens (including phenoxy) is 1. The molecule has 0 amide bonds. The lowest BCUT2D eigenvalue weighted by atomic mass is 9.45. The van der Waals surface area contributed by atoms with E-state index in [-0.39, 0.29) is 22.9 Å². The van der Waals surface area contributed by atoms with Crippen molar-refractivity contribution in [1.82, 2.24) is 0 Å². The third-order valence-corrected chi connectivity index (χ3v) is 7.74.